The highest BCUT2D eigenvalue weighted by Gasteiger charge is 2.27. The number of nitro benzene ring substituents is 1. The second-order valence-electron chi connectivity index (χ2n) is 6.07. The lowest BCUT2D eigenvalue weighted by Gasteiger charge is -2.19. The van der Waals surface area contributed by atoms with Gasteiger partial charge >= 0.3 is 0 Å². The van der Waals surface area contributed by atoms with E-state index in [4.69, 9.17) is 0 Å². The van der Waals surface area contributed by atoms with E-state index in [1.165, 1.54) is 10.4 Å². The Kier molecular flexibility index (Phi) is 5.62. The minimum atomic E-state index is -4.03. The molecule has 11 heteroatoms. The number of aromatic amines is 1. The van der Waals surface area contributed by atoms with Crippen LogP contribution in [0.2, 0.25) is 0 Å². The first-order chi connectivity index (χ1) is 13.8. The Hall–Kier alpha value is -3.31. The van der Waals surface area contributed by atoms with Crippen LogP contribution in [0, 0.1) is 10.1 Å². The van der Waals surface area contributed by atoms with Gasteiger partial charge in [0.1, 0.15) is 10.6 Å². The maximum atomic E-state index is 13.0. The molecule has 0 bridgehead atoms. The SMILES string of the molecule is CCN(CC)S(=O)(=O)c1cc([N+](=O)[O-])ccc1N=Nc1c(O)[nH]c2ccccc12. The van der Waals surface area contributed by atoms with Crippen molar-refractivity contribution in [1.82, 2.24) is 9.29 Å². The van der Waals surface area contributed by atoms with Crippen LogP contribution in [-0.2, 0) is 10.0 Å². The Balaban J connectivity index is 2.15. The van der Waals surface area contributed by atoms with Crippen LogP contribution in [-0.4, -0.2) is 40.8 Å². The number of benzene rings is 2. The third-order valence-corrected chi connectivity index (χ3v) is 6.47. The number of H-pyrrole nitrogens is 1. The summed E-state index contributed by atoms with van der Waals surface area (Å²) < 4.78 is 27.1. The number of para-hydroxylation sites is 1. The van der Waals surface area contributed by atoms with Gasteiger partial charge in [0, 0.05) is 30.6 Å². The van der Waals surface area contributed by atoms with E-state index in [0.29, 0.717) is 10.9 Å². The molecule has 0 atom stereocenters. The average molecular weight is 417 g/mol. The van der Waals surface area contributed by atoms with Crippen molar-refractivity contribution in [2.45, 2.75) is 18.7 Å². The molecule has 0 aliphatic rings. The molecule has 0 fully saturated rings. The average Bonchev–Trinajstić information content (AvgIpc) is 3.01. The fraction of sp³-hybridized carbons (Fsp3) is 0.222. The fourth-order valence-corrected chi connectivity index (χ4v) is 4.53. The molecule has 29 heavy (non-hydrogen) atoms. The lowest BCUT2D eigenvalue weighted by Crippen LogP contribution is -2.30. The summed E-state index contributed by atoms with van der Waals surface area (Å²) in [7, 11) is -4.03. The van der Waals surface area contributed by atoms with E-state index in [1.54, 1.807) is 38.1 Å². The van der Waals surface area contributed by atoms with Crippen LogP contribution >= 0.6 is 0 Å². The number of aromatic hydroxyl groups is 1. The molecule has 0 amide bonds. The zero-order valence-corrected chi connectivity index (χ0v) is 16.5. The van der Waals surface area contributed by atoms with Gasteiger partial charge < -0.3 is 10.1 Å². The second kappa shape index (κ2) is 7.97. The third-order valence-electron chi connectivity index (χ3n) is 4.39. The van der Waals surface area contributed by atoms with E-state index >= 15 is 0 Å². The van der Waals surface area contributed by atoms with Crippen LogP contribution in [0.1, 0.15) is 13.8 Å². The van der Waals surface area contributed by atoms with Gasteiger partial charge in [-0.3, -0.25) is 10.1 Å². The topological polar surface area (TPSA) is 141 Å². The van der Waals surface area contributed by atoms with Gasteiger partial charge in [-0.05, 0) is 12.1 Å². The van der Waals surface area contributed by atoms with Gasteiger partial charge in [-0.15, -0.1) is 10.2 Å². The Morgan fingerprint density at radius 1 is 1.14 bits per heavy atom. The largest absolute Gasteiger partial charge is 0.493 e. The van der Waals surface area contributed by atoms with Crippen LogP contribution in [0.3, 0.4) is 0 Å². The highest BCUT2D eigenvalue weighted by atomic mass is 32.2. The van der Waals surface area contributed by atoms with Crippen LogP contribution in [0.25, 0.3) is 10.9 Å². The van der Waals surface area contributed by atoms with Gasteiger partial charge in [0.25, 0.3) is 5.69 Å². The van der Waals surface area contributed by atoms with Crippen LogP contribution in [0.15, 0.2) is 57.6 Å². The minimum absolute atomic E-state index is 0.0628. The van der Waals surface area contributed by atoms with E-state index in [9.17, 15) is 23.6 Å². The quantitative estimate of drug-likeness (QED) is 0.336. The number of sulfonamides is 1. The van der Waals surface area contributed by atoms with Crippen LogP contribution in [0.4, 0.5) is 17.1 Å². The molecule has 1 aromatic heterocycles. The van der Waals surface area contributed by atoms with Crippen molar-refractivity contribution in [1.29, 1.82) is 0 Å². The first-order valence-electron chi connectivity index (χ1n) is 8.79. The number of non-ortho nitro benzene ring substituents is 1. The van der Waals surface area contributed by atoms with Crippen LogP contribution in [0.5, 0.6) is 5.88 Å². The molecule has 3 aromatic rings. The highest BCUT2D eigenvalue weighted by Crippen LogP contribution is 2.38. The molecule has 0 unspecified atom stereocenters. The zero-order valence-electron chi connectivity index (χ0n) is 15.7. The standard InChI is InChI=1S/C18H19N5O5S/c1-3-22(4-2)29(27,28)16-11-12(23(25)26)9-10-15(16)20-21-17-13-7-5-6-8-14(13)19-18(17)24/h5-11,19,24H,3-4H2,1-2H3. The first kappa shape index (κ1) is 20.4. The van der Waals surface area contributed by atoms with E-state index in [1.807, 2.05) is 0 Å². The van der Waals surface area contributed by atoms with E-state index in [2.05, 4.69) is 15.2 Å². The van der Waals surface area contributed by atoms with Crippen molar-refractivity contribution >= 4 is 38.0 Å². The monoisotopic (exact) mass is 417 g/mol. The van der Waals surface area contributed by atoms with Crippen molar-refractivity contribution in [2.75, 3.05) is 13.1 Å². The van der Waals surface area contributed by atoms with Gasteiger partial charge in [-0.2, -0.15) is 4.31 Å². The summed E-state index contributed by atoms with van der Waals surface area (Å²) in [5.74, 6) is -0.218. The highest BCUT2D eigenvalue weighted by molar-refractivity contribution is 7.89. The van der Waals surface area contributed by atoms with Gasteiger partial charge in [-0.25, -0.2) is 8.42 Å². The van der Waals surface area contributed by atoms with Crippen molar-refractivity contribution in [3.05, 3.63) is 52.6 Å². The summed E-state index contributed by atoms with van der Waals surface area (Å²) in [6.07, 6.45) is 0. The lowest BCUT2D eigenvalue weighted by molar-refractivity contribution is -0.385. The Labute approximate surface area is 166 Å². The summed E-state index contributed by atoms with van der Waals surface area (Å²) in [4.78, 5) is 12.9. The third kappa shape index (κ3) is 3.82. The molecule has 0 spiro atoms. The molecule has 1 heterocycles. The molecule has 0 radical (unpaired) electrons. The smallest absolute Gasteiger partial charge is 0.270 e. The maximum absolute atomic E-state index is 13.0. The predicted octanol–water partition coefficient (Wildman–Crippen LogP) is 4.23. The van der Waals surface area contributed by atoms with Crippen molar-refractivity contribution in [2.24, 2.45) is 10.2 Å². The van der Waals surface area contributed by atoms with Gasteiger partial charge in [0.15, 0.2) is 5.69 Å². The van der Waals surface area contributed by atoms with E-state index < -0.39 is 14.9 Å². The number of nitro groups is 1. The molecular formula is C18H19N5O5S. The molecule has 0 saturated carbocycles. The predicted molar refractivity (Wildman–Crippen MR) is 107 cm³/mol. The number of fused-ring (bicyclic) bond motifs is 1. The van der Waals surface area contributed by atoms with Crippen LogP contribution < -0.4 is 0 Å². The van der Waals surface area contributed by atoms with Gasteiger partial charge in [0.2, 0.25) is 15.9 Å². The molecule has 0 aliphatic heterocycles. The van der Waals surface area contributed by atoms with Gasteiger partial charge in [0.05, 0.1) is 10.4 Å². The molecule has 0 aliphatic carbocycles. The Morgan fingerprint density at radius 3 is 2.48 bits per heavy atom. The molecular weight excluding hydrogens is 398 g/mol. The Bertz CT molecular complexity index is 1200. The molecule has 3 rings (SSSR count). The lowest BCUT2D eigenvalue weighted by atomic mass is 10.2. The number of aromatic nitrogens is 1. The molecule has 0 saturated heterocycles. The maximum Gasteiger partial charge on any atom is 0.270 e. The number of hydrogen-bond donors (Lipinski definition) is 2. The number of nitrogens with one attached hydrogen (secondary N) is 1. The minimum Gasteiger partial charge on any atom is -0.493 e. The zero-order chi connectivity index (χ0) is 21.2. The summed E-state index contributed by atoms with van der Waals surface area (Å²) >= 11 is 0. The second-order valence-corrected chi connectivity index (χ2v) is 7.97. The molecule has 2 N–H and O–H groups in total. The molecule has 2 aromatic carbocycles. The summed E-state index contributed by atoms with van der Waals surface area (Å²) in [6, 6.07) is 10.4. The summed E-state index contributed by atoms with van der Waals surface area (Å²) in [5.41, 5.74) is 0.348. The first-order valence-corrected chi connectivity index (χ1v) is 10.2. The van der Waals surface area contributed by atoms with Crippen molar-refractivity contribution in [3.8, 4) is 5.88 Å². The van der Waals surface area contributed by atoms with Crippen molar-refractivity contribution < 1.29 is 18.4 Å². The Morgan fingerprint density at radius 2 is 1.83 bits per heavy atom. The summed E-state index contributed by atoms with van der Waals surface area (Å²) in [6.45, 7) is 3.73. The van der Waals surface area contributed by atoms with E-state index in [0.717, 1.165) is 12.1 Å². The van der Waals surface area contributed by atoms with Crippen molar-refractivity contribution in [3.63, 3.8) is 0 Å². The van der Waals surface area contributed by atoms with Gasteiger partial charge in [-0.1, -0.05) is 32.0 Å². The van der Waals surface area contributed by atoms with E-state index in [-0.39, 0.29) is 40.9 Å². The number of azo groups is 1. The number of nitrogens with zero attached hydrogens (tertiary/aromatic N) is 4. The molecule has 10 nitrogen and oxygen atoms in total. The number of hydrogen-bond acceptors (Lipinski definition) is 7. The normalized spacial score (nSPS) is 12.2. The fourth-order valence-electron chi connectivity index (χ4n) is 2.93. The number of rotatable bonds is 7. The summed E-state index contributed by atoms with van der Waals surface area (Å²) in [5, 5.41) is 29.8. The molecule has 152 valence electrons.